The molecule has 1 fully saturated rings. The Morgan fingerprint density at radius 1 is 1.50 bits per heavy atom. The van der Waals surface area contributed by atoms with Crippen LogP contribution in [0.15, 0.2) is 24.3 Å². The van der Waals surface area contributed by atoms with E-state index >= 15 is 0 Å². The molecule has 18 heavy (non-hydrogen) atoms. The molecule has 0 amide bonds. The summed E-state index contributed by atoms with van der Waals surface area (Å²) in [6, 6.07) is 8.30. The molecule has 3 unspecified atom stereocenters. The second-order valence-corrected chi connectivity index (χ2v) is 4.82. The van der Waals surface area contributed by atoms with E-state index in [1.807, 2.05) is 18.2 Å². The topological polar surface area (TPSA) is 56.5 Å². The number of rotatable bonds is 5. The molecule has 2 rings (SSSR count). The number of hydrogen-bond donors (Lipinski definition) is 2. The van der Waals surface area contributed by atoms with Crippen LogP contribution in [0.5, 0.6) is 5.75 Å². The molecule has 100 valence electrons. The van der Waals surface area contributed by atoms with E-state index in [9.17, 15) is 0 Å². The Kier molecular flexibility index (Phi) is 4.58. The normalized spacial score (nSPS) is 25.1. The van der Waals surface area contributed by atoms with Crippen LogP contribution in [0.1, 0.15) is 18.9 Å². The molecule has 1 aliphatic heterocycles. The predicted molar refractivity (Wildman–Crippen MR) is 71.3 cm³/mol. The van der Waals surface area contributed by atoms with Gasteiger partial charge in [0.2, 0.25) is 0 Å². The van der Waals surface area contributed by atoms with Crippen LogP contribution >= 0.6 is 0 Å². The molecule has 3 N–H and O–H groups in total. The Hall–Kier alpha value is -1.10. The van der Waals surface area contributed by atoms with Crippen molar-refractivity contribution in [2.45, 2.75) is 31.9 Å². The average molecular weight is 250 g/mol. The first-order valence-corrected chi connectivity index (χ1v) is 6.46. The van der Waals surface area contributed by atoms with E-state index in [0.29, 0.717) is 5.92 Å². The van der Waals surface area contributed by atoms with E-state index in [4.69, 9.17) is 15.3 Å². The summed E-state index contributed by atoms with van der Waals surface area (Å²) in [7, 11) is 1.70. The fraction of sp³-hybridized carbons (Fsp3) is 0.571. The lowest BCUT2D eigenvalue weighted by Gasteiger charge is -2.25. The number of nitrogens with one attached hydrogen (secondary N) is 1. The SMILES string of the molecule is COc1ccccc1CC(NN)C1CCOC1C. The maximum atomic E-state index is 5.71. The minimum absolute atomic E-state index is 0.221. The zero-order chi connectivity index (χ0) is 13.0. The molecule has 0 saturated carbocycles. The molecule has 1 saturated heterocycles. The van der Waals surface area contributed by atoms with Crippen LogP contribution in [0, 0.1) is 5.92 Å². The zero-order valence-electron chi connectivity index (χ0n) is 11.1. The Balaban J connectivity index is 2.10. The molecule has 1 aromatic carbocycles. The highest BCUT2D eigenvalue weighted by atomic mass is 16.5. The smallest absolute Gasteiger partial charge is 0.122 e. The quantitative estimate of drug-likeness (QED) is 0.614. The lowest BCUT2D eigenvalue weighted by molar-refractivity contribution is 0.0953. The van der Waals surface area contributed by atoms with Crippen molar-refractivity contribution in [1.82, 2.24) is 5.43 Å². The fourth-order valence-corrected chi connectivity index (χ4v) is 2.72. The van der Waals surface area contributed by atoms with Crippen molar-refractivity contribution in [1.29, 1.82) is 0 Å². The fourth-order valence-electron chi connectivity index (χ4n) is 2.72. The van der Waals surface area contributed by atoms with Crippen molar-refractivity contribution >= 4 is 0 Å². The number of para-hydroxylation sites is 1. The summed E-state index contributed by atoms with van der Waals surface area (Å²) >= 11 is 0. The van der Waals surface area contributed by atoms with Crippen molar-refractivity contribution in [3.05, 3.63) is 29.8 Å². The van der Waals surface area contributed by atoms with E-state index in [2.05, 4.69) is 18.4 Å². The van der Waals surface area contributed by atoms with E-state index in [1.54, 1.807) is 7.11 Å². The molecule has 0 radical (unpaired) electrons. The van der Waals surface area contributed by atoms with Gasteiger partial charge in [0.1, 0.15) is 5.75 Å². The third-order valence-corrected chi connectivity index (χ3v) is 3.80. The largest absolute Gasteiger partial charge is 0.496 e. The Labute approximate surface area is 108 Å². The highest BCUT2D eigenvalue weighted by Crippen LogP contribution is 2.28. The third kappa shape index (κ3) is 2.83. The van der Waals surface area contributed by atoms with Gasteiger partial charge in [0.25, 0.3) is 0 Å². The minimum Gasteiger partial charge on any atom is -0.496 e. The molecule has 1 heterocycles. The monoisotopic (exact) mass is 250 g/mol. The molecule has 1 aliphatic rings. The van der Waals surface area contributed by atoms with Crippen molar-refractivity contribution in [2.75, 3.05) is 13.7 Å². The molecule has 0 spiro atoms. The molecule has 0 aliphatic carbocycles. The first-order chi connectivity index (χ1) is 8.76. The van der Waals surface area contributed by atoms with E-state index in [1.165, 1.54) is 5.56 Å². The van der Waals surface area contributed by atoms with Gasteiger partial charge in [0.15, 0.2) is 0 Å². The standard InChI is InChI=1S/C14H22N2O2/c1-10-12(7-8-18-10)13(16-15)9-11-5-3-4-6-14(11)17-2/h3-6,10,12-13,16H,7-9,15H2,1-2H3. The van der Waals surface area contributed by atoms with Crippen LogP contribution in [0.3, 0.4) is 0 Å². The van der Waals surface area contributed by atoms with Gasteiger partial charge in [-0.3, -0.25) is 11.3 Å². The van der Waals surface area contributed by atoms with Crippen molar-refractivity contribution < 1.29 is 9.47 Å². The number of methoxy groups -OCH3 is 1. The first-order valence-electron chi connectivity index (χ1n) is 6.46. The minimum atomic E-state index is 0.221. The summed E-state index contributed by atoms with van der Waals surface area (Å²) in [5.74, 6) is 7.09. The Morgan fingerprint density at radius 3 is 2.89 bits per heavy atom. The van der Waals surface area contributed by atoms with Gasteiger partial charge in [-0.05, 0) is 31.4 Å². The lowest BCUT2D eigenvalue weighted by Crippen LogP contribution is -2.44. The highest BCUT2D eigenvalue weighted by Gasteiger charge is 2.31. The third-order valence-electron chi connectivity index (χ3n) is 3.80. The van der Waals surface area contributed by atoms with Crippen LogP contribution in [-0.4, -0.2) is 25.9 Å². The highest BCUT2D eigenvalue weighted by molar-refractivity contribution is 5.34. The second-order valence-electron chi connectivity index (χ2n) is 4.82. The molecule has 1 aromatic rings. The van der Waals surface area contributed by atoms with Crippen LogP contribution in [-0.2, 0) is 11.2 Å². The van der Waals surface area contributed by atoms with Crippen molar-refractivity contribution in [3.63, 3.8) is 0 Å². The first kappa shape index (κ1) is 13.3. The molecule has 0 bridgehead atoms. The maximum absolute atomic E-state index is 5.71. The molecular formula is C14H22N2O2. The maximum Gasteiger partial charge on any atom is 0.122 e. The number of ether oxygens (including phenoxy) is 2. The second kappa shape index (κ2) is 6.18. The molecule has 4 heteroatoms. The van der Waals surface area contributed by atoms with Gasteiger partial charge >= 0.3 is 0 Å². The van der Waals surface area contributed by atoms with Crippen LogP contribution in [0.4, 0.5) is 0 Å². The molecule has 4 nitrogen and oxygen atoms in total. The number of nitrogens with two attached hydrogens (primary N) is 1. The van der Waals surface area contributed by atoms with Crippen molar-refractivity contribution in [2.24, 2.45) is 11.8 Å². The summed E-state index contributed by atoms with van der Waals surface area (Å²) in [6.07, 6.45) is 2.19. The van der Waals surface area contributed by atoms with Crippen LogP contribution in [0.25, 0.3) is 0 Å². The predicted octanol–water partition coefficient (Wildman–Crippen LogP) is 1.49. The van der Waals surface area contributed by atoms with Crippen LogP contribution < -0.4 is 16.0 Å². The van der Waals surface area contributed by atoms with Crippen LogP contribution in [0.2, 0.25) is 0 Å². The number of hydrazine groups is 1. The summed E-state index contributed by atoms with van der Waals surface area (Å²) in [4.78, 5) is 0. The summed E-state index contributed by atoms with van der Waals surface area (Å²) in [6.45, 7) is 2.94. The van der Waals surface area contributed by atoms with Gasteiger partial charge in [-0.2, -0.15) is 0 Å². The van der Waals surface area contributed by atoms with Gasteiger partial charge in [0, 0.05) is 18.6 Å². The molecule has 0 aromatic heterocycles. The van der Waals surface area contributed by atoms with Gasteiger partial charge < -0.3 is 9.47 Å². The van der Waals surface area contributed by atoms with Gasteiger partial charge in [-0.1, -0.05) is 18.2 Å². The van der Waals surface area contributed by atoms with E-state index < -0.39 is 0 Å². The number of benzene rings is 1. The summed E-state index contributed by atoms with van der Waals surface area (Å²) < 4.78 is 11.0. The molecular weight excluding hydrogens is 228 g/mol. The lowest BCUT2D eigenvalue weighted by atomic mass is 9.89. The zero-order valence-corrected chi connectivity index (χ0v) is 11.1. The molecule has 3 atom stereocenters. The Bertz CT molecular complexity index is 384. The van der Waals surface area contributed by atoms with Gasteiger partial charge in [0.05, 0.1) is 13.2 Å². The summed E-state index contributed by atoms with van der Waals surface area (Å²) in [5, 5.41) is 0. The van der Waals surface area contributed by atoms with E-state index in [0.717, 1.165) is 25.2 Å². The average Bonchev–Trinajstić information content (AvgIpc) is 2.82. The van der Waals surface area contributed by atoms with Gasteiger partial charge in [-0.15, -0.1) is 0 Å². The van der Waals surface area contributed by atoms with E-state index in [-0.39, 0.29) is 12.1 Å². The van der Waals surface area contributed by atoms with Gasteiger partial charge in [-0.25, -0.2) is 0 Å². The van der Waals surface area contributed by atoms with Crippen molar-refractivity contribution in [3.8, 4) is 5.75 Å². The summed E-state index contributed by atoms with van der Waals surface area (Å²) in [5.41, 5.74) is 4.12. The Morgan fingerprint density at radius 2 is 2.28 bits per heavy atom. The number of hydrogen-bond acceptors (Lipinski definition) is 4.